The normalized spacial score (nSPS) is 14.6. The smallest absolute Gasteiger partial charge is 0.333 e. The van der Waals surface area contributed by atoms with Gasteiger partial charge in [-0.1, -0.05) is 17.5 Å². The molecule has 0 saturated carbocycles. The van der Waals surface area contributed by atoms with Gasteiger partial charge in [-0.3, -0.25) is 4.72 Å². The Bertz CT molecular complexity index is 1780. The highest BCUT2D eigenvalue weighted by molar-refractivity contribution is 7.92. The Morgan fingerprint density at radius 1 is 0.979 bits per heavy atom. The van der Waals surface area contributed by atoms with Crippen molar-refractivity contribution in [2.75, 3.05) is 54.2 Å². The highest BCUT2D eigenvalue weighted by atomic mass is 32.2. The highest BCUT2D eigenvalue weighted by Gasteiger charge is 2.31. The molecular weight excluding hydrogens is 665 g/mol. The van der Waals surface area contributed by atoms with Gasteiger partial charge in [-0.05, 0) is 73.4 Å². The molecular formula is C32H42N4O10S2. The van der Waals surface area contributed by atoms with Crippen LogP contribution in [0.4, 0.5) is 17.1 Å². The Morgan fingerprint density at radius 2 is 1.65 bits per heavy atom. The fraction of sp³-hybridized carbons (Fsp3) is 0.406. The monoisotopic (exact) mass is 706 g/mol. The van der Waals surface area contributed by atoms with Crippen LogP contribution in [-0.4, -0.2) is 79.2 Å². The molecule has 3 aromatic carbocycles. The number of hydrogen-bond donors (Lipinski definition) is 4. The minimum absolute atomic E-state index is 0.00539. The lowest BCUT2D eigenvalue weighted by Gasteiger charge is -2.34. The second-order valence-corrected chi connectivity index (χ2v) is 14.8. The van der Waals surface area contributed by atoms with Crippen LogP contribution in [0.5, 0.6) is 17.2 Å². The molecule has 0 bridgehead atoms. The van der Waals surface area contributed by atoms with Gasteiger partial charge in [0.15, 0.2) is 11.5 Å². The zero-order chi connectivity index (χ0) is 35.1. The predicted molar refractivity (Wildman–Crippen MR) is 181 cm³/mol. The average Bonchev–Trinajstić information content (AvgIpc) is 3.06. The van der Waals surface area contributed by atoms with Crippen molar-refractivity contribution in [2.45, 2.75) is 49.6 Å². The van der Waals surface area contributed by atoms with Crippen molar-refractivity contribution < 1.29 is 46.2 Å². The third-order valence-corrected chi connectivity index (χ3v) is 9.89. The van der Waals surface area contributed by atoms with Crippen molar-refractivity contribution >= 4 is 43.1 Å². The van der Waals surface area contributed by atoms with E-state index < -0.39 is 32.1 Å². The number of benzene rings is 3. The number of nitrogens with one attached hydrogen (secondary N) is 2. The molecule has 1 atom stereocenters. The number of aliphatic hydroxyl groups is 1. The lowest BCUT2D eigenvalue weighted by molar-refractivity contribution is -0.143. The van der Waals surface area contributed by atoms with Gasteiger partial charge in [-0.25, -0.2) is 13.2 Å². The van der Waals surface area contributed by atoms with Gasteiger partial charge in [-0.15, -0.1) is 0 Å². The number of rotatable bonds is 15. The summed E-state index contributed by atoms with van der Waals surface area (Å²) in [7, 11) is -5.12. The van der Waals surface area contributed by atoms with Crippen molar-refractivity contribution in [1.29, 1.82) is 0 Å². The van der Waals surface area contributed by atoms with Crippen molar-refractivity contribution in [3.05, 3.63) is 66.2 Å². The highest BCUT2D eigenvalue weighted by Crippen LogP contribution is 2.34. The first kappa shape index (κ1) is 36.6. The molecule has 48 heavy (non-hydrogen) atoms. The number of aromatic hydroxyl groups is 1. The summed E-state index contributed by atoms with van der Waals surface area (Å²) in [5.41, 5.74) is 1.45. The molecule has 0 aliphatic carbocycles. The lowest BCUT2D eigenvalue weighted by atomic mass is 10.0. The number of phenolic OH excluding ortho intramolecular Hbond substituents is 1. The average molecular weight is 707 g/mol. The molecule has 4 N–H and O–H groups in total. The van der Waals surface area contributed by atoms with Crippen LogP contribution in [0.25, 0.3) is 0 Å². The molecule has 262 valence electrons. The fourth-order valence-electron chi connectivity index (χ4n) is 5.22. The van der Waals surface area contributed by atoms with Gasteiger partial charge in [0.25, 0.3) is 10.0 Å². The number of methoxy groups -OCH3 is 2. The van der Waals surface area contributed by atoms with Gasteiger partial charge in [0.2, 0.25) is 10.0 Å². The molecule has 16 heteroatoms. The van der Waals surface area contributed by atoms with Crippen LogP contribution in [0.3, 0.4) is 0 Å². The van der Waals surface area contributed by atoms with E-state index in [2.05, 4.69) is 14.9 Å². The summed E-state index contributed by atoms with van der Waals surface area (Å²) in [6.45, 7) is 3.39. The van der Waals surface area contributed by atoms with E-state index >= 15 is 0 Å². The van der Waals surface area contributed by atoms with E-state index in [0.717, 1.165) is 24.8 Å². The summed E-state index contributed by atoms with van der Waals surface area (Å²) in [6, 6.07) is 15.2. The number of anilines is 3. The van der Waals surface area contributed by atoms with Crippen LogP contribution < -0.4 is 28.9 Å². The van der Waals surface area contributed by atoms with E-state index in [1.54, 1.807) is 31.2 Å². The number of ether oxygens (including phenoxy) is 2. The van der Waals surface area contributed by atoms with E-state index in [4.69, 9.17) is 14.3 Å². The van der Waals surface area contributed by atoms with Gasteiger partial charge in [0.05, 0.1) is 42.8 Å². The molecule has 3 aromatic rings. The largest absolute Gasteiger partial charge is 0.506 e. The molecule has 1 saturated heterocycles. The van der Waals surface area contributed by atoms with Crippen molar-refractivity contribution in [1.82, 2.24) is 5.32 Å². The van der Waals surface area contributed by atoms with Gasteiger partial charge in [0, 0.05) is 43.9 Å². The quantitative estimate of drug-likeness (QED) is 0.133. The SMILES string of the molecule is CCCC(=O)ON(c1ccc(N2CCC(NC[C@H](O)c3ccc(O)c(NS(C)(=O)=O)c3)CC2)cc1)S(=O)(=O)c1ccc(OC)c(OC)c1. The van der Waals surface area contributed by atoms with Gasteiger partial charge in [0.1, 0.15) is 5.75 Å². The molecule has 1 aliphatic heterocycles. The number of carbonyl (C=O) groups is 1. The lowest BCUT2D eigenvalue weighted by Crippen LogP contribution is -2.43. The summed E-state index contributed by atoms with van der Waals surface area (Å²) in [5, 5.41) is 24.0. The molecule has 0 radical (unpaired) electrons. The van der Waals surface area contributed by atoms with Crippen LogP contribution >= 0.6 is 0 Å². The minimum atomic E-state index is -4.35. The number of hydrogen-bond acceptors (Lipinski definition) is 12. The van der Waals surface area contributed by atoms with E-state index in [-0.39, 0.29) is 46.8 Å². The summed E-state index contributed by atoms with van der Waals surface area (Å²) >= 11 is 0. The van der Waals surface area contributed by atoms with Crippen LogP contribution in [0.2, 0.25) is 0 Å². The molecule has 1 fully saturated rings. The number of carbonyl (C=O) groups excluding carboxylic acids is 1. The molecule has 1 aliphatic rings. The van der Waals surface area contributed by atoms with E-state index in [0.29, 0.717) is 35.3 Å². The molecule has 0 aromatic heterocycles. The van der Waals surface area contributed by atoms with Crippen LogP contribution in [-0.2, 0) is 29.7 Å². The second-order valence-electron chi connectivity index (χ2n) is 11.3. The maximum atomic E-state index is 13.7. The van der Waals surface area contributed by atoms with Gasteiger partial charge in [-0.2, -0.15) is 8.42 Å². The summed E-state index contributed by atoms with van der Waals surface area (Å²) in [5.74, 6) is -0.380. The van der Waals surface area contributed by atoms with Gasteiger partial charge >= 0.3 is 5.97 Å². The van der Waals surface area contributed by atoms with Crippen LogP contribution in [0.15, 0.2) is 65.6 Å². The fourth-order valence-corrected chi connectivity index (χ4v) is 7.05. The second kappa shape index (κ2) is 15.8. The number of phenols is 1. The van der Waals surface area contributed by atoms with Crippen molar-refractivity contribution in [3.63, 3.8) is 0 Å². The van der Waals surface area contributed by atoms with E-state index in [1.807, 2.05) is 0 Å². The molecule has 1 heterocycles. The maximum absolute atomic E-state index is 13.7. The Hall–Kier alpha value is -4.25. The van der Waals surface area contributed by atoms with Gasteiger partial charge < -0.3 is 34.7 Å². The van der Waals surface area contributed by atoms with Crippen LogP contribution in [0, 0.1) is 0 Å². The Morgan fingerprint density at radius 3 is 2.25 bits per heavy atom. The van der Waals surface area contributed by atoms with Crippen molar-refractivity contribution in [2.24, 2.45) is 0 Å². The summed E-state index contributed by atoms with van der Waals surface area (Å²) < 4.78 is 64.0. The Labute approximate surface area is 281 Å². The number of nitrogens with zero attached hydrogens (tertiary/aromatic N) is 2. The van der Waals surface area contributed by atoms with E-state index in [9.17, 15) is 31.8 Å². The molecule has 0 spiro atoms. The summed E-state index contributed by atoms with van der Waals surface area (Å²) in [4.78, 5) is 19.9. The first-order chi connectivity index (χ1) is 22.7. The third-order valence-electron chi connectivity index (χ3n) is 7.73. The first-order valence-corrected chi connectivity index (χ1v) is 18.6. The van der Waals surface area contributed by atoms with Crippen LogP contribution in [0.1, 0.15) is 44.3 Å². The molecule has 0 unspecified atom stereocenters. The Kier molecular flexibility index (Phi) is 12.0. The standard InChI is InChI=1S/C32H42N4O10S2/c1-5-6-32(39)46-36(48(42,43)26-12-14-30(44-2)31(20-26)45-3)25-10-8-24(9-11-25)35-17-15-23(16-18-35)33-21-29(38)22-7-13-28(37)27(19-22)34-47(4,40)41/h7-14,19-20,23,29,33-34,37-38H,5-6,15-18,21H2,1-4H3/t29-/m0/s1. The zero-order valence-electron chi connectivity index (χ0n) is 27.2. The predicted octanol–water partition coefficient (Wildman–Crippen LogP) is 3.53. The molecule has 14 nitrogen and oxygen atoms in total. The maximum Gasteiger partial charge on any atom is 0.333 e. The molecule has 0 amide bonds. The third kappa shape index (κ3) is 9.21. The Balaban J connectivity index is 1.41. The molecule has 4 rings (SSSR count). The topological polar surface area (TPSA) is 184 Å². The number of piperidine rings is 1. The zero-order valence-corrected chi connectivity index (χ0v) is 28.9. The first-order valence-electron chi connectivity index (χ1n) is 15.3. The van der Waals surface area contributed by atoms with E-state index in [1.165, 1.54) is 50.6 Å². The number of sulfonamides is 2. The number of aliphatic hydroxyl groups excluding tert-OH is 1. The summed E-state index contributed by atoms with van der Waals surface area (Å²) in [6.07, 6.45) is 2.09. The van der Waals surface area contributed by atoms with Crippen molar-refractivity contribution in [3.8, 4) is 17.2 Å². The minimum Gasteiger partial charge on any atom is -0.506 e.